The fourth-order valence-electron chi connectivity index (χ4n) is 1.42. The first-order chi connectivity index (χ1) is 8.20. The van der Waals surface area contributed by atoms with E-state index >= 15 is 0 Å². The minimum absolute atomic E-state index is 0.160. The van der Waals surface area contributed by atoms with Crippen molar-refractivity contribution in [3.8, 4) is 11.5 Å². The van der Waals surface area contributed by atoms with Gasteiger partial charge in [-0.15, -0.1) is 0 Å². The highest BCUT2D eigenvalue weighted by atomic mass is 16.7. The van der Waals surface area contributed by atoms with Gasteiger partial charge in [0, 0.05) is 13.2 Å². The van der Waals surface area contributed by atoms with Gasteiger partial charge in [-0.2, -0.15) is 0 Å². The second-order valence-electron chi connectivity index (χ2n) is 3.79. The van der Waals surface area contributed by atoms with Crippen molar-refractivity contribution in [1.29, 1.82) is 0 Å². The summed E-state index contributed by atoms with van der Waals surface area (Å²) in [6, 6.07) is 4.77. The van der Waals surface area contributed by atoms with Crippen LogP contribution < -0.4 is 0 Å². The molecule has 0 fully saturated rings. The van der Waals surface area contributed by atoms with Crippen LogP contribution in [0.3, 0.4) is 0 Å². The molecule has 0 atom stereocenters. The van der Waals surface area contributed by atoms with Crippen molar-refractivity contribution < 1.29 is 19.7 Å². The zero-order valence-electron chi connectivity index (χ0n) is 10.3. The number of benzene rings is 1. The van der Waals surface area contributed by atoms with E-state index < -0.39 is 6.29 Å². The molecule has 96 valence electrons. The van der Waals surface area contributed by atoms with Crippen LogP contribution >= 0.6 is 0 Å². The van der Waals surface area contributed by atoms with Crippen molar-refractivity contribution >= 4 is 0 Å². The highest BCUT2D eigenvalue weighted by molar-refractivity contribution is 5.44. The van der Waals surface area contributed by atoms with Gasteiger partial charge in [-0.1, -0.05) is 19.9 Å². The second-order valence-corrected chi connectivity index (χ2v) is 3.79. The van der Waals surface area contributed by atoms with Crippen LogP contribution in [0.15, 0.2) is 18.2 Å². The monoisotopic (exact) mass is 240 g/mol. The van der Waals surface area contributed by atoms with Gasteiger partial charge in [-0.05, 0) is 25.0 Å². The molecule has 1 rings (SSSR count). The molecule has 0 bridgehead atoms. The number of hydrogen-bond donors (Lipinski definition) is 2. The molecule has 0 aliphatic rings. The van der Waals surface area contributed by atoms with Gasteiger partial charge in [0.15, 0.2) is 17.8 Å². The zero-order chi connectivity index (χ0) is 12.7. The number of rotatable bonds is 7. The van der Waals surface area contributed by atoms with Crippen LogP contribution in [0.1, 0.15) is 38.5 Å². The lowest BCUT2D eigenvalue weighted by molar-refractivity contribution is -0.147. The van der Waals surface area contributed by atoms with Crippen LogP contribution in [0.25, 0.3) is 0 Å². The summed E-state index contributed by atoms with van der Waals surface area (Å²) in [4.78, 5) is 0. The topological polar surface area (TPSA) is 58.9 Å². The Morgan fingerprint density at radius 3 is 2.18 bits per heavy atom. The Morgan fingerprint density at radius 2 is 1.65 bits per heavy atom. The summed E-state index contributed by atoms with van der Waals surface area (Å²) in [5.41, 5.74) is 0.465. The third kappa shape index (κ3) is 3.91. The van der Waals surface area contributed by atoms with Crippen LogP contribution in [0, 0.1) is 0 Å². The number of phenols is 2. The Morgan fingerprint density at radius 1 is 1.06 bits per heavy atom. The summed E-state index contributed by atoms with van der Waals surface area (Å²) in [7, 11) is 0. The van der Waals surface area contributed by atoms with E-state index in [0.717, 1.165) is 12.8 Å². The lowest BCUT2D eigenvalue weighted by Crippen LogP contribution is -2.10. The third-order valence-electron chi connectivity index (χ3n) is 2.25. The SMILES string of the molecule is CCCOC(OCCC)c1cccc(O)c1O. The van der Waals surface area contributed by atoms with E-state index in [2.05, 4.69) is 0 Å². The van der Waals surface area contributed by atoms with Gasteiger partial charge in [0.2, 0.25) is 0 Å². The maximum absolute atomic E-state index is 9.76. The summed E-state index contributed by atoms with van der Waals surface area (Å²) >= 11 is 0. The second kappa shape index (κ2) is 7.14. The standard InChI is InChI=1S/C13H20O4/c1-3-8-16-13(17-9-4-2)10-6-5-7-11(14)12(10)15/h5-7,13-15H,3-4,8-9H2,1-2H3. The van der Waals surface area contributed by atoms with Gasteiger partial charge in [-0.3, -0.25) is 0 Å². The number of aromatic hydroxyl groups is 2. The van der Waals surface area contributed by atoms with Crippen molar-refractivity contribution in [3.63, 3.8) is 0 Å². The number of ether oxygens (including phenoxy) is 2. The first kappa shape index (κ1) is 13.8. The van der Waals surface area contributed by atoms with Crippen LogP contribution in [0.5, 0.6) is 11.5 Å². The Kier molecular flexibility index (Phi) is 5.80. The van der Waals surface area contributed by atoms with E-state index in [9.17, 15) is 10.2 Å². The predicted molar refractivity (Wildman–Crippen MR) is 65.0 cm³/mol. The van der Waals surface area contributed by atoms with Crippen LogP contribution in [0.4, 0.5) is 0 Å². The summed E-state index contributed by atoms with van der Waals surface area (Å²) in [6.07, 6.45) is 1.11. The summed E-state index contributed by atoms with van der Waals surface area (Å²) in [5, 5.41) is 19.2. The molecule has 4 heteroatoms. The van der Waals surface area contributed by atoms with Gasteiger partial charge in [0.25, 0.3) is 0 Å². The minimum Gasteiger partial charge on any atom is -0.504 e. The summed E-state index contributed by atoms with van der Waals surface area (Å²) in [6.45, 7) is 5.09. The molecule has 2 N–H and O–H groups in total. The van der Waals surface area contributed by atoms with Gasteiger partial charge in [-0.25, -0.2) is 0 Å². The fourth-order valence-corrected chi connectivity index (χ4v) is 1.42. The molecule has 0 saturated heterocycles. The Balaban J connectivity index is 2.83. The van der Waals surface area contributed by atoms with Crippen LogP contribution in [-0.4, -0.2) is 23.4 Å². The lowest BCUT2D eigenvalue weighted by atomic mass is 10.2. The molecule has 0 unspecified atom stereocenters. The van der Waals surface area contributed by atoms with E-state index in [-0.39, 0.29) is 11.5 Å². The first-order valence-electron chi connectivity index (χ1n) is 5.94. The quantitative estimate of drug-likeness (QED) is 0.568. The minimum atomic E-state index is -0.623. The van der Waals surface area contributed by atoms with Crippen molar-refractivity contribution in [2.45, 2.75) is 33.0 Å². The smallest absolute Gasteiger partial charge is 0.187 e. The normalized spacial score (nSPS) is 11.0. The van der Waals surface area contributed by atoms with Crippen molar-refractivity contribution in [3.05, 3.63) is 23.8 Å². The maximum atomic E-state index is 9.76. The average Bonchev–Trinajstić information content (AvgIpc) is 2.34. The Labute approximate surface area is 102 Å². The molecule has 1 aromatic rings. The maximum Gasteiger partial charge on any atom is 0.187 e. The molecule has 0 aromatic heterocycles. The molecule has 0 heterocycles. The molecule has 0 saturated carbocycles. The van der Waals surface area contributed by atoms with Crippen LogP contribution in [-0.2, 0) is 9.47 Å². The third-order valence-corrected chi connectivity index (χ3v) is 2.25. The lowest BCUT2D eigenvalue weighted by Gasteiger charge is -2.19. The molecular formula is C13H20O4. The van der Waals surface area contributed by atoms with Gasteiger partial charge in [0.05, 0.1) is 5.56 Å². The molecular weight excluding hydrogens is 220 g/mol. The van der Waals surface area contributed by atoms with Gasteiger partial charge >= 0.3 is 0 Å². The van der Waals surface area contributed by atoms with Crippen LogP contribution in [0.2, 0.25) is 0 Å². The molecule has 0 radical (unpaired) electrons. The predicted octanol–water partition coefficient (Wildman–Crippen LogP) is 2.95. The molecule has 4 nitrogen and oxygen atoms in total. The average molecular weight is 240 g/mol. The van der Waals surface area contributed by atoms with Gasteiger partial charge < -0.3 is 19.7 Å². The van der Waals surface area contributed by atoms with E-state index in [1.54, 1.807) is 12.1 Å². The van der Waals surface area contributed by atoms with Crippen molar-refractivity contribution in [2.24, 2.45) is 0 Å². The summed E-state index contributed by atoms with van der Waals surface area (Å²) in [5.74, 6) is -0.336. The zero-order valence-corrected chi connectivity index (χ0v) is 10.3. The first-order valence-corrected chi connectivity index (χ1v) is 5.94. The molecule has 0 aliphatic carbocycles. The molecule has 0 spiro atoms. The Hall–Kier alpha value is -1.26. The summed E-state index contributed by atoms with van der Waals surface area (Å²) < 4.78 is 11.0. The van der Waals surface area contributed by atoms with Crippen molar-refractivity contribution in [2.75, 3.05) is 13.2 Å². The van der Waals surface area contributed by atoms with Gasteiger partial charge in [0.1, 0.15) is 0 Å². The molecule has 0 aliphatic heterocycles. The Bertz CT molecular complexity index is 330. The largest absolute Gasteiger partial charge is 0.504 e. The molecule has 0 amide bonds. The fraction of sp³-hybridized carbons (Fsp3) is 0.538. The highest BCUT2D eigenvalue weighted by Crippen LogP contribution is 2.34. The number of phenolic OH excluding ortho intramolecular Hbond substituents is 2. The highest BCUT2D eigenvalue weighted by Gasteiger charge is 2.18. The van der Waals surface area contributed by atoms with E-state index in [4.69, 9.17) is 9.47 Å². The molecule has 1 aromatic carbocycles. The molecule has 17 heavy (non-hydrogen) atoms. The number of para-hydroxylation sites is 1. The van der Waals surface area contributed by atoms with Crippen molar-refractivity contribution in [1.82, 2.24) is 0 Å². The number of hydrogen-bond acceptors (Lipinski definition) is 4. The van der Waals surface area contributed by atoms with E-state index in [0.29, 0.717) is 18.8 Å². The van der Waals surface area contributed by atoms with E-state index in [1.807, 2.05) is 13.8 Å². The van der Waals surface area contributed by atoms with E-state index in [1.165, 1.54) is 6.07 Å².